The summed E-state index contributed by atoms with van der Waals surface area (Å²) in [5.41, 5.74) is 1.33. The van der Waals surface area contributed by atoms with Crippen LogP contribution in [0, 0.1) is 6.92 Å². The number of benzene rings is 1. The number of hydrogen-bond acceptors (Lipinski definition) is 4. The smallest absolute Gasteiger partial charge is 0.331 e. The van der Waals surface area contributed by atoms with Gasteiger partial charge in [0, 0.05) is 16.8 Å². The van der Waals surface area contributed by atoms with Gasteiger partial charge in [-0.1, -0.05) is 17.7 Å². The van der Waals surface area contributed by atoms with Gasteiger partial charge in [0.1, 0.15) is 5.76 Å². The van der Waals surface area contributed by atoms with Crippen molar-refractivity contribution in [2.45, 2.75) is 6.92 Å². The van der Waals surface area contributed by atoms with Gasteiger partial charge in [0.05, 0.1) is 6.26 Å². The predicted octanol–water partition coefficient (Wildman–Crippen LogP) is 3.44. The first-order chi connectivity index (χ1) is 10.6. The lowest BCUT2D eigenvalue weighted by Gasteiger charge is -2.09. The fourth-order valence-electron chi connectivity index (χ4n) is 1.65. The molecule has 22 heavy (non-hydrogen) atoms. The maximum atomic E-state index is 11.7. The number of carbonyl (C=O) groups excluding carboxylic acids is 2. The number of esters is 1. The van der Waals surface area contributed by atoms with Crippen molar-refractivity contribution >= 4 is 35.2 Å². The quantitative estimate of drug-likeness (QED) is 0.677. The van der Waals surface area contributed by atoms with Gasteiger partial charge in [-0.3, -0.25) is 4.79 Å². The minimum absolute atomic E-state index is 0.382. The second-order valence-electron chi connectivity index (χ2n) is 4.42. The lowest BCUT2D eigenvalue weighted by molar-refractivity contribution is -0.142. The molecular weight excluding hydrogens is 306 g/mol. The number of halogens is 1. The van der Waals surface area contributed by atoms with Crippen LogP contribution in [-0.2, 0) is 14.3 Å². The van der Waals surface area contributed by atoms with E-state index in [0.29, 0.717) is 16.5 Å². The Morgan fingerprint density at radius 2 is 2.14 bits per heavy atom. The Bertz CT molecular complexity index is 692. The maximum Gasteiger partial charge on any atom is 0.331 e. The van der Waals surface area contributed by atoms with Crippen molar-refractivity contribution in [3.8, 4) is 0 Å². The number of amides is 1. The lowest BCUT2D eigenvalue weighted by Crippen LogP contribution is -2.20. The van der Waals surface area contributed by atoms with E-state index in [1.807, 2.05) is 0 Å². The molecule has 0 saturated carbocycles. The van der Waals surface area contributed by atoms with Crippen molar-refractivity contribution in [2.75, 3.05) is 11.9 Å². The summed E-state index contributed by atoms with van der Waals surface area (Å²) < 4.78 is 9.86. The van der Waals surface area contributed by atoms with Crippen LogP contribution in [0.15, 0.2) is 47.1 Å². The largest absolute Gasteiger partial charge is 0.465 e. The molecule has 114 valence electrons. The molecule has 0 bridgehead atoms. The zero-order chi connectivity index (χ0) is 15.9. The van der Waals surface area contributed by atoms with Crippen molar-refractivity contribution in [2.24, 2.45) is 0 Å². The van der Waals surface area contributed by atoms with Crippen molar-refractivity contribution in [3.63, 3.8) is 0 Å². The molecule has 0 atom stereocenters. The van der Waals surface area contributed by atoms with Crippen LogP contribution in [0.2, 0.25) is 5.02 Å². The van der Waals surface area contributed by atoms with E-state index in [0.717, 1.165) is 5.56 Å². The van der Waals surface area contributed by atoms with E-state index >= 15 is 0 Å². The maximum absolute atomic E-state index is 11.7. The molecule has 6 heteroatoms. The number of ether oxygens (including phenoxy) is 1. The van der Waals surface area contributed by atoms with Crippen LogP contribution in [0.1, 0.15) is 11.3 Å². The Morgan fingerprint density at radius 1 is 1.32 bits per heavy atom. The van der Waals surface area contributed by atoms with Crippen LogP contribution >= 0.6 is 11.6 Å². The van der Waals surface area contributed by atoms with E-state index in [1.165, 1.54) is 18.4 Å². The molecule has 0 spiro atoms. The zero-order valence-electron chi connectivity index (χ0n) is 11.8. The first-order valence-electron chi connectivity index (χ1n) is 6.49. The molecule has 0 aliphatic heterocycles. The van der Waals surface area contributed by atoms with Gasteiger partial charge in [-0.25, -0.2) is 4.79 Å². The minimum Gasteiger partial charge on any atom is -0.465 e. The number of anilines is 1. The van der Waals surface area contributed by atoms with Gasteiger partial charge in [0.2, 0.25) is 0 Å². The van der Waals surface area contributed by atoms with E-state index in [-0.39, 0.29) is 6.61 Å². The first-order valence-corrected chi connectivity index (χ1v) is 6.87. The summed E-state index contributed by atoms with van der Waals surface area (Å²) in [6, 6.07) is 8.57. The molecule has 2 aromatic rings. The molecule has 0 aliphatic carbocycles. The van der Waals surface area contributed by atoms with E-state index in [1.54, 1.807) is 37.3 Å². The van der Waals surface area contributed by atoms with E-state index < -0.39 is 11.9 Å². The van der Waals surface area contributed by atoms with Gasteiger partial charge in [0.15, 0.2) is 6.61 Å². The van der Waals surface area contributed by atoms with Gasteiger partial charge < -0.3 is 14.5 Å². The number of furan rings is 1. The highest BCUT2D eigenvalue weighted by atomic mass is 35.5. The average molecular weight is 320 g/mol. The SMILES string of the molecule is Cc1c(Cl)cccc1NC(=O)COC(=O)/C=C/c1ccco1. The molecule has 2 rings (SSSR count). The standard InChI is InChI=1S/C16H14ClNO4/c1-11-13(17)5-2-6-14(11)18-15(19)10-22-16(20)8-7-12-4-3-9-21-12/h2-9H,10H2,1H3,(H,18,19)/b8-7+. The Balaban J connectivity index is 1.82. The fraction of sp³-hybridized carbons (Fsp3) is 0.125. The molecule has 0 saturated heterocycles. The second kappa shape index (κ2) is 7.47. The number of rotatable bonds is 5. The monoisotopic (exact) mass is 319 g/mol. The molecule has 1 amide bonds. The van der Waals surface area contributed by atoms with Gasteiger partial charge in [-0.15, -0.1) is 0 Å². The Labute approximate surface area is 132 Å². The van der Waals surface area contributed by atoms with Crippen molar-refractivity contribution in [1.82, 2.24) is 0 Å². The first kappa shape index (κ1) is 15.9. The second-order valence-corrected chi connectivity index (χ2v) is 4.82. The molecule has 0 radical (unpaired) electrons. The summed E-state index contributed by atoms with van der Waals surface area (Å²) >= 11 is 5.96. The molecule has 1 aromatic carbocycles. The van der Waals surface area contributed by atoms with Gasteiger partial charge in [-0.05, 0) is 42.8 Å². The number of carbonyl (C=O) groups is 2. The Morgan fingerprint density at radius 3 is 2.86 bits per heavy atom. The third kappa shape index (κ3) is 4.49. The van der Waals surface area contributed by atoms with Gasteiger partial charge in [0.25, 0.3) is 5.91 Å². The predicted molar refractivity (Wildman–Crippen MR) is 83.5 cm³/mol. The van der Waals surface area contributed by atoms with Crippen molar-refractivity contribution in [3.05, 3.63) is 59.0 Å². The van der Waals surface area contributed by atoms with Crippen LogP contribution in [0.25, 0.3) is 6.08 Å². The zero-order valence-corrected chi connectivity index (χ0v) is 12.6. The van der Waals surface area contributed by atoms with E-state index in [9.17, 15) is 9.59 Å². The molecule has 1 aromatic heterocycles. The van der Waals surface area contributed by atoms with Crippen LogP contribution in [-0.4, -0.2) is 18.5 Å². The molecule has 0 aliphatic rings. The van der Waals surface area contributed by atoms with Crippen LogP contribution < -0.4 is 5.32 Å². The number of hydrogen-bond donors (Lipinski definition) is 1. The summed E-state index contributed by atoms with van der Waals surface area (Å²) in [5, 5.41) is 3.18. The van der Waals surface area contributed by atoms with Crippen LogP contribution in [0.3, 0.4) is 0 Å². The summed E-state index contributed by atoms with van der Waals surface area (Å²) in [4.78, 5) is 23.2. The van der Waals surface area contributed by atoms with E-state index in [4.69, 9.17) is 20.8 Å². The Kier molecular flexibility index (Phi) is 5.38. The fourth-order valence-corrected chi connectivity index (χ4v) is 1.82. The Hall–Kier alpha value is -2.53. The summed E-state index contributed by atoms with van der Waals surface area (Å²) in [6.45, 7) is 1.41. The molecular formula is C16H14ClNO4. The van der Waals surface area contributed by atoms with Gasteiger partial charge in [-0.2, -0.15) is 0 Å². The highest BCUT2D eigenvalue weighted by Gasteiger charge is 2.08. The minimum atomic E-state index is -0.630. The molecule has 1 N–H and O–H groups in total. The highest BCUT2D eigenvalue weighted by Crippen LogP contribution is 2.22. The summed E-state index contributed by atoms with van der Waals surface area (Å²) in [5.74, 6) is -0.546. The van der Waals surface area contributed by atoms with Gasteiger partial charge >= 0.3 is 5.97 Å². The summed E-state index contributed by atoms with van der Waals surface area (Å²) in [6.07, 6.45) is 4.14. The van der Waals surface area contributed by atoms with Crippen molar-refractivity contribution in [1.29, 1.82) is 0 Å². The van der Waals surface area contributed by atoms with Crippen LogP contribution in [0.4, 0.5) is 5.69 Å². The third-order valence-electron chi connectivity index (χ3n) is 2.81. The number of nitrogens with one attached hydrogen (secondary N) is 1. The van der Waals surface area contributed by atoms with E-state index in [2.05, 4.69) is 5.32 Å². The topological polar surface area (TPSA) is 68.5 Å². The highest BCUT2D eigenvalue weighted by molar-refractivity contribution is 6.31. The molecule has 0 unspecified atom stereocenters. The molecule has 5 nitrogen and oxygen atoms in total. The molecule has 1 heterocycles. The molecule has 0 fully saturated rings. The van der Waals surface area contributed by atoms with Crippen LogP contribution in [0.5, 0.6) is 0 Å². The summed E-state index contributed by atoms with van der Waals surface area (Å²) in [7, 11) is 0. The lowest BCUT2D eigenvalue weighted by atomic mass is 10.2. The van der Waals surface area contributed by atoms with Crippen molar-refractivity contribution < 1.29 is 18.7 Å². The third-order valence-corrected chi connectivity index (χ3v) is 3.22. The average Bonchev–Trinajstić information content (AvgIpc) is 3.01. The normalized spacial score (nSPS) is 10.6.